The summed E-state index contributed by atoms with van der Waals surface area (Å²) in [5.74, 6) is 4.49. The fraction of sp³-hybridized carbons (Fsp3) is 0.875. The molecule has 1 aliphatic rings. The molecule has 1 heterocycles. The van der Waals surface area contributed by atoms with Crippen LogP contribution in [0.3, 0.4) is 0 Å². The SMILES string of the molecule is CCS(=O)(=O)N1CCC[C@H](C(=O)NN)C1. The molecule has 1 amide bonds. The summed E-state index contributed by atoms with van der Waals surface area (Å²) < 4.78 is 24.5. The molecule has 1 atom stereocenters. The van der Waals surface area contributed by atoms with Gasteiger partial charge in [-0.2, -0.15) is 0 Å². The van der Waals surface area contributed by atoms with Crippen LogP contribution in [0, 0.1) is 5.92 Å². The lowest BCUT2D eigenvalue weighted by atomic mass is 9.99. The lowest BCUT2D eigenvalue weighted by Gasteiger charge is -2.30. The van der Waals surface area contributed by atoms with Crippen molar-refractivity contribution in [2.45, 2.75) is 19.8 Å². The van der Waals surface area contributed by atoms with Crippen molar-refractivity contribution in [3.8, 4) is 0 Å². The normalized spacial score (nSPS) is 23.7. The fourth-order valence-electron chi connectivity index (χ4n) is 1.71. The number of hydrazine groups is 1. The van der Waals surface area contributed by atoms with E-state index in [0.29, 0.717) is 19.4 Å². The molecule has 0 aromatic heterocycles. The van der Waals surface area contributed by atoms with Crippen molar-refractivity contribution in [2.24, 2.45) is 11.8 Å². The third-order valence-corrected chi connectivity index (χ3v) is 4.50. The second kappa shape index (κ2) is 4.91. The van der Waals surface area contributed by atoms with Crippen LogP contribution in [0.15, 0.2) is 0 Å². The van der Waals surface area contributed by atoms with E-state index in [-0.39, 0.29) is 24.1 Å². The molecule has 0 aromatic rings. The van der Waals surface area contributed by atoms with Gasteiger partial charge in [-0.25, -0.2) is 18.6 Å². The predicted molar refractivity (Wildman–Crippen MR) is 56.1 cm³/mol. The quantitative estimate of drug-likeness (QED) is 0.374. The number of amides is 1. The molecule has 1 saturated heterocycles. The topological polar surface area (TPSA) is 92.5 Å². The van der Waals surface area contributed by atoms with Gasteiger partial charge in [-0.1, -0.05) is 0 Å². The molecular weight excluding hydrogens is 218 g/mol. The first-order valence-electron chi connectivity index (χ1n) is 4.99. The molecule has 15 heavy (non-hydrogen) atoms. The Morgan fingerprint density at radius 3 is 2.80 bits per heavy atom. The Bertz CT molecular complexity index is 328. The first-order valence-corrected chi connectivity index (χ1v) is 6.60. The Morgan fingerprint density at radius 2 is 2.27 bits per heavy atom. The number of carbonyl (C=O) groups excluding carboxylic acids is 1. The zero-order valence-electron chi connectivity index (χ0n) is 8.77. The molecule has 0 saturated carbocycles. The summed E-state index contributed by atoms with van der Waals surface area (Å²) >= 11 is 0. The van der Waals surface area contributed by atoms with Crippen LogP contribution in [0.5, 0.6) is 0 Å². The van der Waals surface area contributed by atoms with Gasteiger partial charge in [0.15, 0.2) is 0 Å². The van der Waals surface area contributed by atoms with Gasteiger partial charge in [-0.15, -0.1) is 0 Å². The van der Waals surface area contributed by atoms with Crippen LogP contribution >= 0.6 is 0 Å². The number of rotatable bonds is 3. The Labute approximate surface area is 89.8 Å². The van der Waals surface area contributed by atoms with Gasteiger partial charge in [-0.05, 0) is 19.8 Å². The maximum Gasteiger partial charge on any atom is 0.238 e. The maximum absolute atomic E-state index is 11.6. The molecular formula is C8H17N3O3S. The minimum absolute atomic E-state index is 0.0734. The summed E-state index contributed by atoms with van der Waals surface area (Å²) in [5.41, 5.74) is 2.06. The molecule has 0 aliphatic carbocycles. The molecule has 7 heteroatoms. The summed E-state index contributed by atoms with van der Waals surface area (Å²) in [6.07, 6.45) is 1.40. The molecule has 1 aliphatic heterocycles. The Balaban J connectivity index is 2.68. The molecule has 0 radical (unpaired) electrons. The number of hydrogen-bond donors (Lipinski definition) is 2. The van der Waals surface area contributed by atoms with E-state index in [1.54, 1.807) is 6.92 Å². The van der Waals surface area contributed by atoms with Gasteiger partial charge in [0.05, 0.1) is 11.7 Å². The second-order valence-corrected chi connectivity index (χ2v) is 5.86. The molecule has 0 bridgehead atoms. The van der Waals surface area contributed by atoms with Gasteiger partial charge in [0.1, 0.15) is 0 Å². The summed E-state index contributed by atoms with van der Waals surface area (Å²) in [6.45, 7) is 2.35. The number of nitrogens with zero attached hydrogens (tertiary/aromatic N) is 1. The lowest BCUT2D eigenvalue weighted by Crippen LogP contribution is -2.47. The highest BCUT2D eigenvalue weighted by Crippen LogP contribution is 2.19. The molecule has 0 aromatic carbocycles. The fourth-order valence-corrected chi connectivity index (χ4v) is 2.89. The van der Waals surface area contributed by atoms with Gasteiger partial charge >= 0.3 is 0 Å². The third-order valence-electron chi connectivity index (χ3n) is 2.66. The van der Waals surface area contributed by atoms with Gasteiger partial charge in [0.25, 0.3) is 0 Å². The van der Waals surface area contributed by atoms with Crippen molar-refractivity contribution in [1.29, 1.82) is 0 Å². The standard InChI is InChI=1S/C8H17N3O3S/c1-2-15(13,14)11-5-3-4-7(6-11)8(12)10-9/h7H,2-6,9H2,1H3,(H,10,12)/t7-/m0/s1. The monoisotopic (exact) mass is 235 g/mol. The average Bonchev–Trinajstić information content (AvgIpc) is 2.28. The Morgan fingerprint density at radius 1 is 1.60 bits per heavy atom. The summed E-state index contributed by atoms with van der Waals surface area (Å²) in [5, 5.41) is 0. The van der Waals surface area contributed by atoms with Gasteiger partial charge in [0, 0.05) is 13.1 Å². The van der Waals surface area contributed by atoms with Crippen molar-refractivity contribution in [2.75, 3.05) is 18.8 Å². The van der Waals surface area contributed by atoms with E-state index in [1.165, 1.54) is 4.31 Å². The predicted octanol–water partition coefficient (Wildman–Crippen LogP) is -0.962. The van der Waals surface area contributed by atoms with E-state index in [4.69, 9.17) is 5.84 Å². The number of sulfonamides is 1. The van der Waals surface area contributed by atoms with Crippen molar-refractivity contribution < 1.29 is 13.2 Å². The molecule has 0 unspecified atom stereocenters. The first-order chi connectivity index (χ1) is 7.01. The van der Waals surface area contributed by atoms with Crippen molar-refractivity contribution in [1.82, 2.24) is 9.73 Å². The number of nitrogens with two attached hydrogens (primary N) is 1. The highest BCUT2D eigenvalue weighted by atomic mass is 32.2. The van der Waals surface area contributed by atoms with E-state index < -0.39 is 10.0 Å². The summed E-state index contributed by atoms with van der Waals surface area (Å²) in [4.78, 5) is 11.3. The van der Waals surface area contributed by atoms with Gasteiger partial charge in [-0.3, -0.25) is 10.2 Å². The number of hydrogen-bond acceptors (Lipinski definition) is 4. The van der Waals surface area contributed by atoms with E-state index in [9.17, 15) is 13.2 Å². The van der Waals surface area contributed by atoms with Crippen molar-refractivity contribution >= 4 is 15.9 Å². The third kappa shape index (κ3) is 2.90. The van der Waals surface area contributed by atoms with Gasteiger partial charge in [0.2, 0.25) is 15.9 Å². The van der Waals surface area contributed by atoms with Crippen LogP contribution in [0.1, 0.15) is 19.8 Å². The van der Waals surface area contributed by atoms with E-state index in [0.717, 1.165) is 0 Å². The van der Waals surface area contributed by atoms with Gasteiger partial charge < -0.3 is 0 Å². The Hall–Kier alpha value is -0.660. The zero-order chi connectivity index (χ0) is 11.5. The zero-order valence-corrected chi connectivity index (χ0v) is 9.59. The van der Waals surface area contributed by atoms with E-state index in [2.05, 4.69) is 5.43 Å². The molecule has 1 rings (SSSR count). The van der Waals surface area contributed by atoms with E-state index in [1.807, 2.05) is 0 Å². The van der Waals surface area contributed by atoms with Crippen molar-refractivity contribution in [3.05, 3.63) is 0 Å². The highest BCUT2D eigenvalue weighted by molar-refractivity contribution is 7.89. The van der Waals surface area contributed by atoms with Crippen LogP contribution < -0.4 is 11.3 Å². The minimum Gasteiger partial charge on any atom is -0.294 e. The Kier molecular flexibility index (Phi) is 4.06. The largest absolute Gasteiger partial charge is 0.294 e. The summed E-state index contributed by atoms with van der Waals surface area (Å²) in [7, 11) is -3.18. The van der Waals surface area contributed by atoms with Crippen LogP contribution in [-0.4, -0.2) is 37.5 Å². The minimum atomic E-state index is -3.18. The van der Waals surface area contributed by atoms with Crippen LogP contribution in [0.2, 0.25) is 0 Å². The highest BCUT2D eigenvalue weighted by Gasteiger charge is 2.30. The smallest absolute Gasteiger partial charge is 0.238 e. The number of nitrogens with one attached hydrogen (secondary N) is 1. The maximum atomic E-state index is 11.6. The number of carbonyl (C=O) groups is 1. The lowest BCUT2D eigenvalue weighted by molar-refractivity contribution is -0.126. The van der Waals surface area contributed by atoms with Crippen LogP contribution in [0.25, 0.3) is 0 Å². The molecule has 0 spiro atoms. The second-order valence-electron chi connectivity index (χ2n) is 3.61. The first kappa shape index (κ1) is 12.4. The summed E-state index contributed by atoms with van der Waals surface area (Å²) in [6, 6.07) is 0. The molecule has 88 valence electrons. The number of piperidine rings is 1. The van der Waals surface area contributed by atoms with Crippen LogP contribution in [-0.2, 0) is 14.8 Å². The van der Waals surface area contributed by atoms with E-state index >= 15 is 0 Å². The average molecular weight is 235 g/mol. The molecule has 1 fully saturated rings. The molecule has 3 N–H and O–H groups in total. The molecule has 6 nitrogen and oxygen atoms in total. The van der Waals surface area contributed by atoms with Crippen LogP contribution in [0.4, 0.5) is 0 Å². The van der Waals surface area contributed by atoms with Crippen molar-refractivity contribution in [3.63, 3.8) is 0 Å².